The van der Waals surface area contributed by atoms with E-state index in [-0.39, 0.29) is 5.91 Å². The second-order valence-electron chi connectivity index (χ2n) is 7.53. The normalized spacial score (nSPS) is 13.8. The number of hydrogen-bond donors (Lipinski definition) is 2. The van der Waals surface area contributed by atoms with E-state index in [2.05, 4.69) is 39.9 Å². The van der Waals surface area contributed by atoms with Crippen LogP contribution >= 0.6 is 12.2 Å². The number of carbonyl (C=O) groups is 1. The van der Waals surface area contributed by atoms with Gasteiger partial charge in [0.2, 0.25) is 0 Å². The van der Waals surface area contributed by atoms with Crippen LogP contribution in [0.25, 0.3) is 0 Å². The van der Waals surface area contributed by atoms with Gasteiger partial charge in [-0.05, 0) is 37.2 Å². The third-order valence-corrected chi connectivity index (χ3v) is 5.57. The highest BCUT2D eigenvalue weighted by Crippen LogP contribution is 2.19. The van der Waals surface area contributed by atoms with Crippen LogP contribution < -0.4 is 10.6 Å². The summed E-state index contributed by atoms with van der Waals surface area (Å²) in [4.78, 5) is 14.9. The van der Waals surface area contributed by atoms with Crippen molar-refractivity contribution in [2.45, 2.75) is 26.9 Å². The fourth-order valence-electron chi connectivity index (χ4n) is 3.61. The predicted molar refractivity (Wildman–Crippen MR) is 127 cm³/mol. The Morgan fingerprint density at radius 1 is 1.19 bits per heavy atom. The Morgan fingerprint density at radius 2 is 1.97 bits per heavy atom. The third kappa shape index (κ3) is 4.97. The highest BCUT2D eigenvalue weighted by molar-refractivity contribution is 7.80. The zero-order valence-electron chi connectivity index (χ0n) is 18.2. The largest absolute Gasteiger partial charge is 0.378 e. The Labute approximate surface area is 192 Å². The molecule has 0 spiro atoms. The molecule has 1 saturated heterocycles. The molecular weight excluding hydrogens is 426 g/mol. The Morgan fingerprint density at radius 3 is 2.72 bits per heavy atom. The van der Waals surface area contributed by atoms with Crippen LogP contribution in [0.2, 0.25) is 0 Å². The van der Waals surface area contributed by atoms with Crippen molar-refractivity contribution in [1.29, 1.82) is 0 Å². The molecule has 1 fully saturated rings. The molecule has 2 aromatic heterocycles. The van der Waals surface area contributed by atoms with E-state index in [9.17, 15) is 4.79 Å². The van der Waals surface area contributed by atoms with E-state index < -0.39 is 0 Å². The van der Waals surface area contributed by atoms with Gasteiger partial charge in [0, 0.05) is 31.9 Å². The number of benzene rings is 1. The average molecular weight is 454 g/mol. The minimum atomic E-state index is -0.0829. The fourth-order valence-corrected chi connectivity index (χ4v) is 3.82. The minimum Gasteiger partial charge on any atom is -0.378 e. The van der Waals surface area contributed by atoms with Gasteiger partial charge >= 0.3 is 0 Å². The first kappa shape index (κ1) is 22.0. The van der Waals surface area contributed by atoms with Gasteiger partial charge in [0.15, 0.2) is 10.9 Å². The summed E-state index contributed by atoms with van der Waals surface area (Å²) in [6.45, 7) is 7.50. The van der Waals surface area contributed by atoms with E-state index in [0.29, 0.717) is 61.7 Å². The quantitative estimate of drug-likeness (QED) is 0.555. The summed E-state index contributed by atoms with van der Waals surface area (Å²) in [5.41, 5.74) is 3.49. The Kier molecular flexibility index (Phi) is 6.81. The summed E-state index contributed by atoms with van der Waals surface area (Å²) in [6.07, 6.45) is 3.53. The van der Waals surface area contributed by atoms with Gasteiger partial charge in [0.05, 0.1) is 31.6 Å². The summed E-state index contributed by atoms with van der Waals surface area (Å²) >= 11 is 5.47. The molecule has 3 aromatic rings. The lowest BCUT2D eigenvalue weighted by molar-refractivity contribution is 0.0295. The van der Waals surface area contributed by atoms with Gasteiger partial charge in [-0.15, -0.1) is 0 Å². The number of amides is 1. The number of thiocarbonyl (C=S) groups is 1. The molecule has 1 amide bonds. The maximum Gasteiger partial charge on any atom is 0.274 e. The van der Waals surface area contributed by atoms with Gasteiger partial charge in [0.25, 0.3) is 5.91 Å². The summed E-state index contributed by atoms with van der Waals surface area (Å²) < 4.78 is 8.90. The SMILES string of the molecule is CCn1ncc(NC(=S)Nc2ccn(Cc3ccccc3C)n2)c1C(=O)N1CCOCC1. The van der Waals surface area contributed by atoms with Crippen molar-refractivity contribution < 1.29 is 9.53 Å². The van der Waals surface area contributed by atoms with Crippen LogP contribution in [0, 0.1) is 6.92 Å². The van der Waals surface area contributed by atoms with Crippen LogP contribution in [0.3, 0.4) is 0 Å². The molecule has 10 heteroatoms. The van der Waals surface area contributed by atoms with Gasteiger partial charge < -0.3 is 20.3 Å². The molecule has 32 heavy (non-hydrogen) atoms. The molecule has 9 nitrogen and oxygen atoms in total. The standard InChI is InChI=1S/C22H27N7O2S/c1-3-29-20(21(30)27-10-12-31-13-11-27)18(14-23-29)24-22(32)25-19-8-9-28(26-19)15-17-7-5-4-6-16(17)2/h4-9,14H,3,10-13,15H2,1-2H3,(H2,24,25,26,32). The summed E-state index contributed by atoms with van der Waals surface area (Å²) in [5.74, 6) is 0.542. The molecule has 0 atom stereocenters. The molecule has 168 valence electrons. The second-order valence-corrected chi connectivity index (χ2v) is 7.94. The van der Waals surface area contributed by atoms with Gasteiger partial charge in [-0.1, -0.05) is 24.3 Å². The lowest BCUT2D eigenvalue weighted by Crippen LogP contribution is -2.41. The summed E-state index contributed by atoms with van der Waals surface area (Å²) in [7, 11) is 0. The van der Waals surface area contributed by atoms with Crippen LogP contribution in [0.5, 0.6) is 0 Å². The topological polar surface area (TPSA) is 89.2 Å². The predicted octanol–water partition coefficient (Wildman–Crippen LogP) is 2.74. The van der Waals surface area contributed by atoms with E-state index in [1.165, 1.54) is 11.1 Å². The molecule has 0 bridgehead atoms. The molecule has 2 N–H and O–H groups in total. The number of aryl methyl sites for hydroxylation is 2. The summed E-state index contributed by atoms with van der Waals surface area (Å²) in [6, 6.07) is 10.1. The Hall–Kier alpha value is -3.24. The number of hydrogen-bond acceptors (Lipinski definition) is 5. The van der Waals surface area contributed by atoms with Gasteiger partial charge in [0.1, 0.15) is 5.69 Å². The molecule has 0 aliphatic carbocycles. The van der Waals surface area contributed by atoms with Gasteiger partial charge in [-0.25, -0.2) is 0 Å². The van der Waals surface area contributed by atoms with Crippen LogP contribution in [-0.4, -0.2) is 61.8 Å². The van der Waals surface area contributed by atoms with E-state index in [1.807, 2.05) is 36.0 Å². The summed E-state index contributed by atoms with van der Waals surface area (Å²) in [5, 5.41) is 15.4. The molecule has 1 aliphatic heterocycles. The number of anilines is 2. The first-order valence-electron chi connectivity index (χ1n) is 10.6. The zero-order chi connectivity index (χ0) is 22.5. The van der Waals surface area contributed by atoms with Crippen molar-refractivity contribution >= 4 is 34.7 Å². The smallest absolute Gasteiger partial charge is 0.274 e. The maximum absolute atomic E-state index is 13.1. The number of carbonyl (C=O) groups excluding carboxylic acids is 1. The lowest BCUT2D eigenvalue weighted by Gasteiger charge is -2.27. The van der Waals surface area contributed by atoms with Crippen molar-refractivity contribution in [2.75, 3.05) is 36.9 Å². The second kappa shape index (κ2) is 9.92. The number of nitrogens with one attached hydrogen (secondary N) is 2. The molecule has 4 rings (SSSR count). The van der Waals surface area contributed by atoms with E-state index in [4.69, 9.17) is 17.0 Å². The van der Waals surface area contributed by atoms with E-state index in [1.54, 1.807) is 15.8 Å². The van der Waals surface area contributed by atoms with Crippen LogP contribution in [0.15, 0.2) is 42.7 Å². The molecule has 0 radical (unpaired) electrons. The lowest BCUT2D eigenvalue weighted by atomic mass is 10.1. The highest BCUT2D eigenvalue weighted by Gasteiger charge is 2.25. The number of nitrogens with zero attached hydrogens (tertiary/aromatic N) is 5. The molecular formula is C22H27N7O2S. The van der Waals surface area contributed by atoms with E-state index >= 15 is 0 Å². The van der Waals surface area contributed by atoms with Gasteiger partial charge in [-0.3, -0.25) is 14.2 Å². The molecule has 0 unspecified atom stereocenters. The minimum absolute atomic E-state index is 0.0829. The number of morpholine rings is 1. The monoisotopic (exact) mass is 453 g/mol. The van der Waals surface area contributed by atoms with Crippen LogP contribution in [-0.2, 0) is 17.8 Å². The number of aromatic nitrogens is 4. The zero-order valence-corrected chi connectivity index (χ0v) is 19.1. The Balaban J connectivity index is 1.42. The van der Waals surface area contributed by atoms with Crippen molar-refractivity contribution in [3.05, 3.63) is 59.5 Å². The molecule has 3 heterocycles. The van der Waals surface area contributed by atoms with Crippen molar-refractivity contribution in [2.24, 2.45) is 0 Å². The Bertz CT molecular complexity index is 1100. The first-order valence-corrected chi connectivity index (χ1v) is 11.0. The van der Waals surface area contributed by atoms with Crippen molar-refractivity contribution in [3.8, 4) is 0 Å². The van der Waals surface area contributed by atoms with Crippen LogP contribution in [0.1, 0.15) is 28.5 Å². The van der Waals surface area contributed by atoms with Crippen LogP contribution in [0.4, 0.5) is 11.5 Å². The van der Waals surface area contributed by atoms with Gasteiger partial charge in [-0.2, -0.15) is 10.2 Å². The third-order valence-electron chi connectivity index (χ3n) is 5.36. The number of ether oxygens (including phenoxy) is 1. The highest BCUT2D eigenvalue weighted by atomic mass is 32.1. The average Bonchev–Trinajstić information content (AvgIpc) is 3.41. The molecule has 1 aromatic carbocycles. The maximum atomic E-state index is 13.1. The fraction of sp³-hybridized carbons (Fsp3) is 0.364. The first-order chi connectivity index (χ1) is 15.5. The van der Waals surface area contributed by atoms with Crippen molar-refractivity contribution in [3.63, 3.8) is 0 Å². The van der Waals surface area contributed by atoms with Crippen molar-refractivity contribution in [1.82, 2.24) is 24.5 Å². The molecule has 0 saturated carbocycles. The van der Waals surface area contributed by atoms with E-state index in [0.717, 1.165) is 0 Å². The molecule has 1 aliphatic rings. The number of rotatable bonds is 6.